The number of nitrogens with zero attached hydrogens (tertiary/aromatic N) is 4. The van der Waals surface area contributed by atoms with Crippen LogP contribution in [0.15, 0.2) is 24.3 Å². The van der Waals surface area contributed by atoms with Crippen LogP contribution in [0.2, 0.25) is 0 Å². The first kappa shape index (κ1) is 23.5. The van der Waals surface area contributed by atoms with E-state index in [1.54, 1.807) is 33.3 Å². The molecule has 0 N–H and O–H groups in total. The molecule has 1 fully saturated rings. The number of piperazine rings is 1. The molecule has 1 aliphatic heterocycles. The van der Waals surface area contributed by atoms with Crippen LogP contribution in [0.3, 0.4) is 0 Å². The third-order valence-corrected chi connectivity index (χ3v) is 5.84. The Kier molecular flexibility index (Phi) is 7.66. The van der Waals surface area contributed by atoms with Crippen LogP contribution in [-0.2, 0) is 6.42 Å². The van der Waals surface area contributed by atoms with Crippen LogP contribution < -0.4 is 24.0 Å². The first-order valence-electron chi connectivity index (χ1n) is 11.0. The fourth-order valence-corrected chi connectivity index (χ4v) is 3.94. The number of urea groups is 1. The molecule has 2 amide bonds. The van der Waals surface area contributed by atoms with Crippen molar-refractivity contribution in [3.63, 3.8) is 0 Å². The summed E-state index contributed by atoms with van der Waals surface area (Å²) in [5, 5.41) is 0. The monoisotopic (exact) mass is 442 g/mol. The van der Waals surface area contributed by atoms with Crippen LogP contribution in [0.1, 0.15) is 24.6 Å². The van der Waals surface area contributed by atoms with Gasteiger partial charge in [-0.25, -0.2) is 9.78 Å². The zero-order chi connectivity index (χ0) is 23.3. The average molecular weight is 443 g/mol. The molecule has 0 spiro atoms. The molecule has 174 valence electrons. The Balaban J connectivity index is 1.71. The number of methoxy groups -OCH3 is 3. The summed E-state index contributed by atoms with van der Waals surface area (Å²) in [7, 11) is 6.66. The fourth-order valence-electron chi connectivity index (χ4n) is 3.94. The van der Waals surface area contributed by atoms with Gasteiger partial charge in [-0.1, -0.05) is 13.3 Å². The minimum absolute atomic E-state index is 0.0596. The minimum Gasteiger partial charge on any atom is -0.497 e. The lowest BCUT2D eigenvalue weighted by atomic mass is 10.1. The molecule has 1 aromatic carbocycles. The molecule has 0 saturated carbocycles. The molecular weight excluding hydrogens is 408 g/mol. The number of hydrogen-bond acceptors (Lipinski definition) is 6. The number of pyridine rings is 1. The van der Waals surface area contributed by atoms with Gasteiger partial charge in [0.15, 0.2) is 0 Å². The Bertz CT molecular complexity index is 920. The van der Waals surface area contributed by atoms with Crippen molar-refractivity contribution in [3.05, 3.63) is 35.5 Å². The predicted octanol–water partition coefficient (Wildman–Crippen LogP) is 3.75. The van der Waals surface area contributed by atoms with E-state index >= 15 is 0 Å². The maximum Gasteiger partial charge on any atom is 0.324 e. The number of carbonyl (C=O) groups excluding carboxylic acids is 1. The van der Waals surface area contributed by atoms with E-state index in [1.807, 2.05) is 36.1 Å². The Morgan fingerprint density at radius 3 is 2.16 bits per heavy atom. The van der Waals surface area contributed by atoms with E-state index in [1.165, 1.54) is 0 Å². The van der Waals surface area contributed by atoms with Gasteiger partial charge in [0.25, 0.3) is 0 Å². The van der Waals surface area contributed by atoms with Gasteiger partial charge in [-0.15, -0.1) is 0 Å². The van der Waals surface area contributed by atoms with Crippen molar-refractivity contribution in [2.24, 2.45) is 0 Å². The molecule has 0 atom stereocenters. The van der Waals surface area contributed by atoms with Crippen molar-refractivity contribution < 1.29 is 19.0 Å². The van der Waals surface area contributed by atoms with Gasteiger partial charge in [0.1, 0.15) is 17.2 Å². The van der Waals surface area contributed by atoms with Gasteiger partial charge in [0.2, 0.25) is 5.88 Å². The van der Waals surface area contributed by atoms with Crippen molar-refractivity contribution in [1.82, 2.24) is 9.88 Å². The summed E-state index contributed by atoms with van der Waals surface area (Å²) >= 11 is 0. The molecule has 3 rings (SSSR count). The van der Waals surface area contributed by atoms with Gasteiger partial charge >= 0.3 is 6.03 Å². The second-order valence-corrected chi connectivity index (χ2v) is 7.92. The number of amides is 2. The lowest BCUT2D eigenvalue weighted by molar-refractivity contribution is 0.202. The number of ether oxygens (including phenoxy) is 3. The SMILES string of the molecule is CCCc1nc(OC)c(N(C)C(=O)N2CCN(c3cc(OC)cc(OC)c3)CC2)cc1C. The molecule has 0 unspecified atom stereocenters. The molecule has 1 aromatic heterocycles. The number of aromatic nitrogens is 1. The molecule has 0 bridgehead atoms. The van der Waals surface area contributed by atoms with E-state index in [-0.39, 0.29) is 6.03 Å². The molecule has 1 saturated heterocycles. The summed E-state index contributed by atoms with van der Waals surface area (Å²) in [4.78, 5) is 23.6. The minimum atomic E-state index is -0.0596. The maximum absolute atomic E-state index is 13.2. The van der Waals surface area contributed by atoms with Crippen LogP contribution in [0.5, 0.6) is 17.4 Å². The highest BCUT2D eigenvalue weighted by atomic mass is 16.5. The molecule has 1 aliphatic rings. The smallest absolute Gasteiger partial charge is 0.324 e. The average Bonchev–Trinajstić information content (AvgIpc) is 2.83. The largest absolute Gasteiger partial charge is 0.497 e. The van der Waals surface area contributed by atoms with Gasteiger partial charge in [-0.05, 0) is 25.0 Å². The third kappa shape index (κ3) is 5.00. The van der Waals surface area contributed by atoms with Crippen molar-refractivity contribution in [3.8, 4) is 17.4 Å². The Labute approximate surface area is 190 Å². The Morgan fingerprint density at radius 1 is 1.00 bits per heavy atom. The topological polar surface area (TPSA) is 67.4 Å². The summed E-state index contributed by atoms with van der Waals surface area (Å²) in [6.45, 7) is 6.83. The Morgan fingerprint density at radius 2 is 1.62 bits per heavy atom. The first-order chi connectivity index (χ1) is 15.4. The van der Waals surface area contributed by atoms with E-state index in [4.69, 9.17) is 14.2 Å². The van der Waals surface area contributed by atoms with Crippen LogP contribution in [0, 0.1) is 6.92 Å². The molecule has 32 heavy (non-hydrogen) atoms. The zero-order valence-electron chi connectivity index (χ0n) is 20.0. The molecule has 0 aliphatic carbocycles. The van der Waals surface area contributed by atoms with Gasteiger partial charge in [-0.2, -0.15) is 0 Å². The summed E-state index contributed by atoms with van der Waals surface area (Å²) in [6.07, 6.45) is 1.89. The van der Waals surface area contributed by atoms with E-state index in [9.17, 15) is 4.79 Å². The van der Waals surface area contributed by atoms with Gasteiger partial charge in [-0.3, -0.25) is 4.90 Å². The predicted molar refractivity (Wildman–Crippen MR) is 127 cm³/mol. The lowest BCUT2D eigenvalue weighted by Crippen LogP contribution is -2.52. The second-order valence-electron chi connectivity index (χ2n) is 7.92. The number of carbonyl (C=O) groups is 1. The van der Waals surface area contributed by atoms with Crippen LogP contribution >= 0.6 is 0 Å². The number of anilines is 2. The highest BCUT2D eigenvalue weighted by Gasteiger charge is 2.27. The summed E-state index contributed by atoms with van der Waals surface area (Å²) in [6, 6.07) is 7.77. The third-order valence-electron chi connectivity index (χ3n) is 5.84. The number of benzene rings is 1. The summed E-state index contributed by atoms with van der Waals surface area (Å²) in [5.41, 5.74) is 3.79. The summed E-state index contributed by atoms with van der Waals surface area (Å²) in [5.74, 6) is 1.98. The first-order valence-corrected chi connectivity index (χ1v) is 11.0. The number of rotatable bonds is 7. The van der Waals surface area contributed by atoms with Crippen LogP contribution in [0.25, 0.3) is 0 Å². The van der Waals surface area contributed by atoms with E-state index in [2.05, 4.69) is 16.8 Å². The number of hydrogen-bond donors (Lipinski definition) is 0. The van der Waals surface area contributed by atoms with Crippen molar-refractivity contribution in [1.29, 1.82) is 0 Å². The van der Waals surface area contributed by atoms with Crippen molar-refractivity contribution in [2.75, 3.05) is 64.4 Å². The Hall–Kier alpha value is -3.16. The zero-order valence-corrected chi connectivity index (χ0v) is 20.0. The highest BCUT2D eigenvalue weighted by Crippen LogP contribution is 2.31. The van der Waals surface area contributed by atoms with Crippen molar-refractivity contribution in [2.45, 2.75) is 26.7 Å². The number of aryl methyl sites for hydroxylation is 2. The van der Waals surface area contributed by atoms with Gasteiger partial charge in [0, 0.05) is 62.8 Å². The highest BCUT2D eigenvalue weighted by molar-refractivity contribution is 5.93. The van der Waals surface area contributed by atoms with E-state index in [0.29, 0.717) is 24.7 Å². The quantitative estimate of drug-likeness (QED) is 0.651. The molecule has 2 aromatic rings. The van der Waals surface area contributed by atoms with Crippen molar-refractivity contribution >= 4 is 17.4 Å². The molecule has 2 heterocycles. The molecule has 0 radical (unpaired) electrons. The van der Waals surface area contributed by atoms with Gasteiger partial charge < -0.3 is 24.0 Å². The fraction of sp³-hybridized carbons (Fsp3) is 0.500. The summed E-state index contributed by atoms with van der Waals surface area (Å²) < 4.78 is 16.3. The van der Waals surface area contributed by atoms with E-state index < -0.39 is 0 Å². The van der Waals surface area contributed by atoms with Crippen LogP contribution in [0.4, 0.5) is 16.2 Å². The van der Waals surface area contributed by atoms with Crippen LogP contribution in [-0.4, -0.2) is 70.5 Å². The molecule has 8 heteroatoms. The standard InChI is InChI=1S/C24H34N4O4/c1-7-8-21-17(2)13-22(23(25-21)32-6)26(3)24(29)28-11-9-27(10-12-28)18-14-19(30-4)16-20(15-18)31-5/h13-16H,7-12H2,1-6H3. The molecular formula is C24H34N4O4. The molecule has 8 nitrogen and oxygen atoms in total. The normalized spacial score (nSPS) is 13.7. The van der Waals surface area contributed by atoms with E-state index in [0.717, 1.165) is 54.4 Å². The van der Waals surface area contributed by atoms with Gasteiger partial charge in [0.05, 0.1) is 21.3 Å². The lowest BCUT2D eigenvalue weighted by Gasteiger charge is -2.38. The maximum atomic E-state index is 13.2. The second kappa shape index (κ2) is 10.4.